The molecule has 1 rings (SSSR count). The number of allylic oxidation sites excluding steroid dienone is 1. The minimum absolute atomic E-state index is 0.420. The van der Waals surface area contributed by atoms with E-state index in [0.717, 1.165) is 5.57 Å². The second-order valence-electron chi connectivity index (χ2n) is 4.30. The molecule has 0 spiro atoms. The van der Waals surface area contributed by atoms with Crippen molar-refractivity contribution < 1.29 is 22.7 Å². The van der Waals surface area contributed by atoms with Gasteiger partial charge in [0.15, 0.2) is 6.61 Å². The van der Waals surface area contributed by atoms with Gasteiger partial charge in [0.05, 0.1) is 5.92 Å². The molecule has 1 atom stereocenters. The van der Waals surface area contributed by atoms with Gasteiger partial charge in [0, 0.05) is 0 Å². The standard InChI is InChI=1S/C10H13F3O2/c1-6-4-7(9(6,2)3)8(14)15-5-10(11,12)13/h7H,1,4-5H2,2-3H3. The van der Waals surface area contributed by atoms with Gasteiger partial charge in [0.1, 0.15) is 0 Å². The highest BCUT2D eigenvalue weighted by Gasteiger charge is 2.48. The van der Waals surface area contributed by atoms with E-state index < -0.39 is 30.1 Å². The van der Waals surface area contributed by atoms with Crippen molar-refractivity contribution in [3.8, 4) is 0 Å². The van der Waals surface area contributed by atoms with Crippen LogP contribution >= 0.6 is 0 Å². The molecule has 0 amide bonds. The number of esters is 1. The summed E-state index contributed by atoms with van der Waals surface area (Å²) in [7, 11) is 0. The molecule has 15 heavy (non-hydrogen) atoms. The van der Waals surface area contributed by atoms with Gasteiger partial charge in [-0.2, -0.15) is 13.2 Å². The predicted molar refractivity (Wildman–Crippen MR) is 48.0 cm³/mol. The molecule has 0 bridgehead atoms. The fourth-order valence-corrected chi connectivity index (χ4v) is 1.51. The maximum Gasteiger partial charge on any atom is 0.422 e. The van der Waals surface area contributed by atoms with Gasteiger partial charge in [-0.25, -0.2) is 0 Å². The first-order chi connectivity index (χ1) is 6.64. The van der Waals surface area contributed by atoms with E-state index in [1.807, 2.05) is 0 Å². The Labute approximate surface area is 86.1 Å². The maximum absolute atomic E-state index is 11.8. The minimum Gasteiger partial charge on any atom is -0.456 e. The number of alkyl halides is 3. The largest absolute Gasteiger partial charge is 0.456 e. The molecule has 0 radical (unpaired) electrons. The molecule has 1 unspecified atom stereocenters. The Kier molecular flexibility index (Phi) is 2.85. The minimum atomic E-state index is -4.46. The lowest BCUT2D eigenvalue weighted by Gasteiger charge is -2.45. The normalized spacial score (nSPS) is 24.6. The first-order valence-electron chi connectivity index (χ1n) is 4.56. The molecule has 1 aliphatic carbocycles. The van der Waals surface area contributed by atoms with Crippen molar-refractivity contribution >= 4 is 5.97 Å². The number of ether oxygens (including phenoxy) is 1. The van der Waals surface area contributed by atoms with E-state index in [4.69, 9.17) is 0 Å². The third kappa shape index (κ3) is 2.52. The van der Waals surface area contributed by atoms with Crippen LogP contribution in [-0.2, 0) is 9.53 Å². The lowest BCUT2D eigenvalue weighted by Crippen LogP contribution is -2.43. The van der Waals surface area contributed by atoms with Gasteiger partial charge in [-0.05, 0) is 11.8 Å². The number of carbonyl (C=O) groups is 1. The van der Waals surface area contributed by atoms with Crippen LogP contribution in [0.15, 0.2) is 12.2 Å². The fraction of sp³-hybridized carbons (Fsp3) is 0.700. The Morgan fingerprint density at radius 2 is 2.13 bits per heavy atom. The van der Waals surface area contributed by atoms with E-state index in [1.54, 1.807) is 13.8 Å². The summed E-state index contributed by atoms with van der Waals surface area (Å²) in [6.45, 7) is 5.77. The second kappa shape index (κ2) is 3.54. The molecular formula is C10H13F3O2. The van der Waals surface area contributed by atoms with Crippen LogP contribution in [0.3, 0.4) is 0 Å². The molecule has 1 fully saturated rings. The summed E-state index contributed by atoms with van der Waals surface area (Å²) < 4.78 is 39.5. The second-order valence-corrected chi connectivity index (χ2v) is 4.30. The topological polar surface area (TPSA) is 26.3 Å². The summed E-state index contributed by atoms with van der Waals surface area (Å²) in [5, 5.41) is 0. The number of carbonyl (C=O) groups excluding carboxylic acids is 1. The average Bonchev–Trinajstić information content (AvgIpc) is 2.09. The van der Waals surface area contributed by atoms with Crippen LogP contribution in [0.25, 0.3) is 0 Å². The number of rotatable bonds is 2. The summed E-state index contributed by atoms with van der Waals surface area (Å²) >= 11 is 0. The highest BCUT2D eigenvalue weighted by molar-refractivity contribution is 5.76. The quantitative estimate of drug-likeness (QED) is 0.530. The van der Waals surface area contributed by atoms with Crippen molar-refractivity contribution in [2.24, 2.45) is 11.3 Å². The van der Waals surface area contributed by atoms with Gasteiger partial charge < -0.3 is 4.74 Å². The summed E-state index contributed by atoms with van der Waals surface area (Å²) in [6, 6.07) is 0. The van der Waals surface area contributed by atoms with E-state index in [0.29, 0.717) is 6.42 Å². The van der Waals surface area contributed by atoms with Crippen molar-refractivity contribution in [1.29, 1.82) is 0 Å². The Morgan fingerprint density at radius 1 is 1.60 bits per heavy atom. The SMILES string of the molecule is C=C1CC(C(=O)OCC(F)(F)F)C1(C)C. The first kappa shape index (κ1) is 12.1. The lowest BCUT2D eigenvalue weighted by molar-refractivity contribution is -0.193. The Bertz CT molecular complexity index is 292. The van der Waals surface area contributed by atoms with Crippen molar-refractivity contribution in [3.63, 3.8) is 0 Å². The average molecular weight is 222 g/mol. The predicted octanol–water partition coefficient (Wildman–Crippen LogP) is 2.69. The van der Waals surface area contributed by atoms with Crippen LogP contribution in [0.4, 0.5) is 13.2 Å². The van der Waals surface area contributed by atoms with Crippen molar-refractivity contribution in [2.75, 3.05) is 6.61 Å². The Hall–Kier alpha value is -1.00. The van der Waals surface area contributed by atoms with Crippen molar-refractivity contribution in [1.82, 2.24) is 0 Å². The summed E-state index contributed by atoms with van der Waals surface area (Å²) in [5.41, 5.74) is 0.430. The zero-order valence-electron chi connectivity index (χ0n) is 8.65. The summed E-state index contributed by atoms with van der Waals surface area (Å²) in [4.78, 5) is 11.3. The molecular weight excluding hydrogens is 209 g/mol. The van der Waals surface area contributed by atoms with E-state index in [-0.39, 0.29) is 0 Å². The van der Waals surface area contributed by atoms with Crippen LogP contribution in [0, 0.1) is 11.3 Å². The van der Waals surface area contributed by atoms with Gasteiger partial charge in [0.25, 0.3) is 0 Å². The number of halogens is 3. The maximum atomic E-state index is 11.8. The van der Waals surface area contributed by atoms with Crippen molar-refractivity contribution in [3.05, 3.63) is 12.2 Å². The monoisotopic (exact) mass is 222 g/mol. The lowest BCUT2D eigenvalue weighted by atomic mass is 9.59. The number of hydrogen-bond donors (Lipinski definition) is 0. The molecule has 0 heterocycles. The van der Waals surface area contributed by atoms with Gasteiger partial charge in [-0.3, -0.25) is 4.79 Å². The van der Waals surface area contributed by atoms with Gasteiger partial charge in [-0.1, -0.05) is 26.0 Å². The summed E-state index contributed by atoms with van der Waals surface area (Å²) in [6.07, 6.45) is -4.04. The fourth-order valence-electron chi connectivity index (χ4n) is 1.51. The molecule has 0 aromatic carbocycles. The molecule has 86 valence electrons. The van der Waals surface area contributed by atoms with Crippen LogP contribution in [-0.4, -0.2) is 18.8 Å². The highest BCUT2D eigenvalue weighted by atomic mass is 19.4. The molecule has 2 nitrogen and oxygen atoms in total. The molecule has 0 saturated heterocycles. The molecule has 5 heteroatoms. The van der Waals surface area contributed by atoms with E-state index in [1.165, 1.54) is 0 Å². The molecule has 1 aliphatic rings. The third-order valence-electron chi connectivity index (χ3n) is 2.90. The molecule has 0 N–H and O–H groups in total. The highest BCUT2D eigenvalue weighted by Crippen LogP contribution is 2.50. The van der Waals surface area contributed by atoms with Gasteiger partial charge >= 0.3 is 12.1 Å². The van der Waals surface area contributed by atoms with Gasteiger partial charge in [0.2, 0.25) is 0 Å². The molecule has 0 aromatic rings. The number of hydrogen-bond acceptors (Lipinski definition) is 2. The first-order valence-corrected chi connectivity index (χ1v) is 4.56. The zero-order valence-corrected chi connectivity index (χ0v) is 8.65. The van der Waals surface area contributed by atoms with Crippen LogP contribution in [0.2, 0.25) is 0 Å². The van der Waals surface area contributed by atoms with Crippen molar-refractivity contribution in [2.45, 2.75) is 26.4 Å². The molecule has 0 aromatic heterocycles. The summed E-state index contributed by atoms with van der Waals surface area (Å²) in [5.74, 6) is -1.28. The van der Waals surface area contributed by atoms with Crippen LogP contribution < -0.4 is 0 Å². The zero-order chi connectivity index (χ0) is 11.9. The third-order valence-corrected chi connectivity index (χ3v) is 2.90. The Balaban J connectivity index is 2.47. The van der Waals surface area contributed by atoms with Gasteiger partial charge in [-0.15, -0.1) is 0 Å². The van der Waals surface area contributed by atoms with Crippen LogP contribution in [0.1, 0.15) is 20.3 Å². The Morgan fingerprint density at radius 3 is 2.47 bits per heavy atom. The smallest absolute Gasteiger partial charge is 0.422 e. The molecule has 0 aliphatic heterocycles. The van der Waals surface area contributed by atoms with E-state index in [9.17, 15) is 18.0 Å². The molecule has 1 saturated carbocycles. The van der Waals surface area contributed by atoms with Crippen LogP contribution in [0.5, 0.6) is 0 Å². The van der Waals surface area contributed by atoms with E-state index in [2.05, 4.69) is 11.3 Å². The van der Waals surface area contributed by atoms with E-state index >= 15 is 0 Å².